The maximum atomic E-state index is 4.57. The number of oxime groups is 1. The number of benzene rings is 1. The predicted octanol–water partition coefficient (Wildman–Crippen LogP) is 2.74. The van der Waals surface area contributed by atoms with Gasteiger partial charge >= 0.3 is 0 Å². The number of nitrogens with zero attached hydrogens (tertiary/aromatic N) is 1. The third-order valence-electron chi connectivity index (χ3n) is 1.49. The molecule has 1 rings (SSSR count). The van der Waals surface area contributed by atoms with Crippen LogP contribution in [0, 0.1) is 6.92 Å². The monoisotopic (exact) mass is 227 g/mol. The molecule has 0 saturated heterocycles. The Hall–Kier alpha value is -0.830. The van der Waals surface area contributed by atoms with Crippen molar-refractivity contribution < 1.29 is 4.84 Å². The molecule has 0 heterocycles. The second kappa shape index (κ2) is 4.26. The van der Waals surface area contributed by atoms with E-state index in [1.807, 2.05) is 25.1 Å². The molecule has 0 saturated carbocycles. The Morgan fingerprint density at radius 3 is 2.83 bits per heavy atom. The average molecular weight is 228 g/mol. The van der Waals surface area contributed by atoms with Gasteiger partial charge in [-0.1, -0.05) is 27.2 Å². The lowest BCUT2D eigenvalue weighted by molar-refractivity contribution is 0.215. The molecule has 0 bridgehead atoms. The summed E-state index contributed by atoms with van der Waals surface area (Å²) in [5.74, 6) is 0. The third-order valence-corrected chi connectivity index (χ3v) is 2.38. The van der Waals surface area contributed by atoms with Crippen molar-refractivity contribution in [3.63, 3.8) is 0 Å². The van der Waals surface area contributed by atoms with Gasteiger partial charge < -0.3 is 4.84 Å². The zero-order valence-electron chi connectivity index (χ0n) is 7.04. The highest BCUT2D eigenvalue weighted by Crippen LogP contribution is 2.15. The Balaban J connectivity index is 2.89. The summed E-state index contributed by atoms with van der Waals surface area (Å²) < 4.78 is 1.11. The Morgan fingerprint density at radius 2 is 2.25 bits per heavy atom. The summed E-state index contributed by atoms with van der Waals surface area (Å²) in [4.78, 5) is 4.57. The van der Waals surface area contributed by atoms with Crippen LogP contribution in [0.3, 0.4) is 0 Å². The number of halogens is 1. The molecule has 0 aromatic heterocycles. The largest absolute Gasteiger partial charge is 0.399 e. The lowest BCUT2D eigenvalue weighted by Crippen LogP contribution is -1.84. The summed E-state index contributed by atoms with van der Waals surface area (Å²) >= 11 is 3.42. The SMILES string of the molecule is CON=Cc1ccc(Br)c(C)c1. The molecule has 0 N–H and O–H groups in total. The second-order valence-electron chi connectivity index (χ2n) is 2.43. The molecule has 0 spiro atoms. The molecular weight excluding hydrogens is 218 g/mol. The van der Waals surface area contributed by atoms with Crippen molar-refractivity contribution in [2.75, 3.05) is 7.11 Å². The van der Waals surface area contributed by atoms with Crippen LogP contribution in [-0.4, -0.2) is 13.3 Å². The fourth-order valence-electron chi connectivity index (χ4n) is 0.862. The highest BCUT2D eigenvalue weighted by molar-refractivity contribution is 9.10. The first kappa shape index (κ1) is 9.26. The van der Waals surface area contributed by atoms with E-state index < -0.39 is 0 Å². The lowest BCUT2D eigenvalue weighted by atomic mass is 10.2. The van der Waals surface area contributed by atoms with E-state index in [4.69, 9.17) is 0 Å². The molecule has 12 heavy (non-hydrogen) atoms. The van der Waals surface area contributed by atoms with E-state index in [0.29, 0.717) is 0 Å². The molecule has 1 aromatic carbocycles. The summed E-state index contributed by atoms with van der Waals surface area (Å²) in [6.07, 6.45) is 1.68. The van der Waals surface area contributed by atoms with Crippen LogP contribution in [0.4, 0.5) is 0 Å². The minimum atomic E-state index is 1.04. The molecular formula is C9H10BrNO. The first-order chi connectivity index (χ1) is 5.74. The normalized spacial score (nSPS) is 10.6. The molecule has 2 nitrogen and oxygen atoms in total. The van der Waals surface area contributed by atoms with Crippen molar-refractivity contribution in [2.24, 2.45) is 5.16 Å². The molecule has 0 radical (unpaired) electrons. The van der Waals surface area contributed by atoms with E-state index in [0.717, 1.165) is 10.0 Å². The van der Waals surface area contributed by atoms with Crippen LogP contribution in [0.25, 0.3) is 0 Å². The van der Waals surface area contributed by atoms with E-state index in [2.05, 4.69) is 25.9 Å². The molecule has 0 atom stereocenters. The minimum absolute atomic E-state index is 1.04. The van der Waals surface area contributed by atoms with Crippen molar-refractivity contribution in [2.45, 2.75) is 6.92 Å². The quantitative estimate of drug-likeness (QED) is 0.563. The molecule has 0 aliphatic rings. The third kappa shape index (κ3) is 2.34. The topological polar surface area (TPSA) is 21.6 Å². The maximum absolute atomic E-state index is 4.57. The zero-order chi connectivity index (χ0) is 8.97. The van der Waals surface area contributed by atoms with Gasteiger partial charge in [-0.3, -0.25) is 0 Å². The molecule has 0 amide bonds. The van der Waals surface area contributed by atoms with Crippen LogP contribution in [-0.2, 0) is 4.84 Å². The molecule has 0 unspecified atom stereocenters. The molecule has 0 fully saturated rings. The number of aryl methyl sites for hydroxylation is 1. The van der Waals surface area contributed by atoms with Crippen LogP contribution in [0.5, 0.6) is 0 Å². The standard InChI is InChI=1S/C9H10BrNO/c1-7-5-8(6-11-12-2)3-4-9(7)10/h3-6H,1-2H3. The summed E-state index contributed by atoms with van der Waals surface area (Å²) in [7, 11) is 1.53. The first-order valence-corrected chi connectivity index (χ1v) is 4.36. The fourth-order valence-corrected chi connectivity index (χ4v) is 1.11. The van der Waals surface area contributed by atoms with Crippen molar-refractivity contribution >= 4 is 22.1 Å². The number of rotatable bonds is 2. The van der Waals surface area contributed by atoms with E-state index >= 15 is 0 Å². The van der Waals surface area contributed by atoms with Crippen molar-refractivity contribution in [1.82, 2.24) is 0 Å². The van der Waals surface area contributed by atoms with Gasteiger partial charge in [-0.2, -0.15) is 0 Å². The zero-order valence-corrected chi connectivity index (χ0v) is 8.63. The smallest absolute Gasteiger partial charge is 0.106 e. The highest BCUT2D eigenvalue weighted by Gasteiger charge is 1.94. The molecule has 1 aromatic rings. The van der Waals surface area contributed by atoms with Gasteiger partial charge in [0.15, 0.2) is 0 Å². The Bertz CT molecular complexity index is 297. The van der Waals surface area contributed by atoms with Crippen molar-refractivity contribution in [3.05, 3.63) is 33.8 Å². The van der Waals surface area contributed by atoms with E-state index in [9.17, 15) is 0 Å². The van der Waals surface area contributed by atoms with Gasteiger partial charge in [0.25, 0.3) is 0 Å². The van der Waals surface area contributed by atoms with Gasteiger partial charge in [0.2, 0.25) is 0 Å². The average Bonchev–Trinajstić information content (AvgIpc) is 2.07. The van der Waals surface area contributed by atoms with Crippen LogP contribution < -0.4 is 0 Å². The maximum Gasteiger partial charge on any atom is 0.106 e. The molecule has 0 aliphatic carbocycles. The van der Waals surface area contributed by atoms with Crippen LogP contribution in [0.1, 0.15) is 11.1 Å². The van der Waals surface area contributed by atoms with E-state index in [-0.39, 0.29) is 0 Å². The number of hydrogen-bond acceptors (Lipinski definition) is 2. The highest BCUT2D eigenvalue weighted by atomic mass is 79.9. The molecule has 0 aliphatic heterocycles. The van der Waals surface area contributed by atoms with Gasteiger partial charge in [-0.25, -0.2) is 0 Å². The van der Waals surface area contributed by atoms with Gasteiger partial charge in [0.1, 0.15) is 7.11 Å². The van der Waals surface area contributed by atoms with Gasteiger partial charge in [-0.15, -0.1) is 0 Å². The second-order valence-corrected chi connectivity index (χ2v) is 3.28. The minimum Gasteiger partial charge on any atom is -0.399 e. The summed E-state index contributed by atoms with van der Waals surface area (Å²) in [5.41, 5.74) is 2.23. The fraction of sp³-hybridized carbons (Fsp3) is 0.222. The van der Waals surface area contributed by atoms with Crippen molar-refractivity contribution in [1.29, 1.82) is 0 Å². The van der Waals surface area contributed by atoms with Crippen LogP contribution in [0.2, 0.25) is 0 Å². The van der Waals surface area contributed by atoms with E-state index in [1.54, 1.807) is 6.21 Å². The molecule has 3 heteroatoms. The Kier molecular flexibility index (Phi) is 3.29. The first-order valence-electron chi connectivity index (χ1n) is 3.56. The summed E-state index contributed by atoms with van der Waals surface area (Å²) in [6, 6.07) is 6.00. The van der Waals surface area contributed by atoms with Crippen LogP contribution in [0.15, 0.2) is 27.8 Å². The Labute approximate surface area is 80.4 Å². The molecule has 64 valence electrons. The summed E-state index contributed by atoms with van der Waals surface area (Å²) in [6.45, 7) is 2.04. The summed E-state index contributed by atoms with van der Waals surface area (Å²) in [5, 5.41) is 3.67. The van der Waals surface area contributed by atoms with E-state index in [1.165, 1.54) is 12.7 Å². The Morgan fingerprint density at radius 1 is 1.50 bits per heavy atom. The van der Waals surface area contributed by atoms with Crippen molar-refractivity contribution in [3.8, 4) is 0 Å². The lowest BCUT2D eigenvalue weighted by Gasteiger charge is -1.98. The van der Waals surface area contributed by atoms with Gasteiger partial charge in [0, 0.05) is 4.47 Å². The van der Waals surface area contributed by atoms with Crippen LogP contribution >= 0.6 is 15.9 Å². The number of hydrogen-bond donors (Lipinski definition) is 0. The van der Waals surface area contributed by atoms with Gasteiger partial charge in [-0.05, 0) is 30.2 Å². The van der Waals surface area contributed by atoms with Gasteiger partial charge in [0.05, 0.1) is 6.21 Å². The predicted molar refractivity (Wildman–Crippen MR) is 53.5 cm³/mol.